The molecule has 3 aromatic heterocycles. The van der Waals surface area contributed by atoms with Gasteiger partial charge >= 0.3 is 0 Å². The van der Waals surface area contributed by atoms with Crippen LogP contribution in [0.5, 0.6) is 5.75 Å². The van der Waals surface area contributed by atoms with Crippen LogP contribution < -0.4 is 21.5 Å². The Balaban J connectivity index is 1.35. The van der Waals surface area contributed by atoms with Crippen LogP contribution >= 0.6 is 11.6 Å². The van der Waals surface area contributed by atoms with E-state index in [1.807, 2.05) is 0 Å². The standard InChI is InChI=1S/C28H27ClFN7O5/c1-13-33-27-24(28(41)35(13)2)18(14-5-17(26(31)40)25(39)20(30)6-14)11-37(27)12-23(38)34-21-7-22(32-8-19(21)29)36-9-15-3-4-16(10-36)42-15/h5-8,11,15-16,39H,3-4,9-10,12H2,1-2H3,(H2,31,40)(H,32,34,38). The van der Waals surface area contributed by atoms with Crippen molar-refractivity contribution in [3.63, 3.8) is 0 Å². The Morgan fingerprint density at radius 1 is 1.24 bits per heavy atom. The average molecular weight is 596 g/mol. The molecular weight excluding hydrogens is 569 g/mol. The second kappa shape index (κ2) is 10.4. The van der Waals surface area contributed by atoms with Gasteiger partial charge in [0.05, 0.1) is 40.1 Å². The van der Waals surface area contributed by atoms with Gasteiger partial charge in [0.25, 0.3) is 11.5 Å². The van der Waals surface area contributed by atoms with E-state index in [0.29, 0.717) is 30.4 Å². The molecule has 2 amide bonds. The van der Waals surface area contributed by atoms with Crippen molar-refractivity contribution in [1.82, 2.24) is 19.1 Å². The van der Waals surface area contributed by atoms with Crippen LogP contribution in [0.3, 0.4) is 0 Å². The number of hydrogen-bond donors (Lipinski definition) is 3. The van der Waals surface area contributed by atoms with Crippen LogP contribution in [0.1, 0.15) is 29.0 Å². The van der Waals surface area contributed by atoms with E-state index in [4.69, 9.17) is 22.1 Å². The fraction of sp³-hybridized carbons (Fsp3) is 0.321. The summed E-state index contributed by atoms with van der Waals surface area (Å²) in [6, 6.07) is 3.89. The van der Waals surface area contributed by atoms with Crippen molar-refractivity contribution >= 4 is 46.0 Å². The minimum Gasteiger partial charge on any atom is -0.504 e. The monoisotopic (exact) mass is 595 g/mol. The third-order valence-electron chi connectivity index (χ3n) is 7.76. The molecule has 5 heterocycles. The molecule has 4 aromatic rings. The third-order valence-corrected chi connectivity index (χ3v) is 8.06. The smallest absolute Gasteiger partial charge is 0.263 e. The topological polar surface area (TPSA) is 158 Å². The Kier molecular flexibility index (Phi) is 6.86. The molecule has 6 rings (SSSR count). The van der Waals surface area contributed by atoms with E-state index >= 15 is 0 Å². The highest BCUT2D eigenvalue weighted by atomic mass is 35.5. The number of aromatic hydroxyl groups is 1. The van der Waals surface area contributed by atoms with Crippen molar-refractivity contribution in [3.05, 3.63) is 63.2 Å². The molecule has 2 unspecified atom stereocenters. The average Bonchev–Trinajstić information content (AvgIpc) is 3.48. The van der Waals surface area contributed by atoms with Gasteiger partial charge in [-0.15, -0.1) is 0 Å². The first-order chi connectivity index (χ1) is 20.0. The van der Waals surface area contributed by atoms with Crippen LogP contribution in [0.25, 0.3) is 22.2 Å². The minimum atomic E-state index is -1.09. The van der Waals surface area contributed by atoms with Crippen LogP contribution in [0.15, 0.2) is 35.4 Å². The van der Waals surface area contributed by atoms with Crippen molar-refractivity contribution in [2.45, 2.75) is 38.5 Å². The molecule has 0 saturated carbocycles. The lowest BCUT2D eigenvalue weighted by atomic mass is 10.0. The molecule has 2 atom stereocenters. The molecule has 1 aromatic carbocycles. The number of aromatic nitrogens is 4. The maximum Gasteiger partial charge on any atom is 0.263 e. The highest BCUT2D eigenvalue weighted by Crippen LogP contribution is 2.34. The number of phenols is 1. The van der Waals surface area contributed by atoms with Gasteiger partial charge in [-0.2, -0.15) is 0 Å². The lowest BCUT2D eigenvalue weighted by Crippen LogP contribution is -2.43. The zero-order valence-corrected chi connectivity index (χ0v) is 23.5. The quantitative estimate of drug-likeness (QED) is 0.307. The number of carbonyl (C=O) groups excluding carboxylic acids is 2. The summed E-state index contributed by atoms with van der Waals surface area (Å²) in [5, 5.41) is 13.1. The Hall–Kier alpha value is -4.49. The van der Waals surface area contributed by atoms with Gasteiger partial charge < -0.3 is 30.4 Å². The molecule has 2 fully saturated rings. The van der Waals surface area contributed by atoms with Gasteiger partial charge in [-0.05, 0) is 37.5 Å². The molecule has 4 N–H and O–H groups in total. The molecule has 2 saturated heterocycles. The first-order valence-electron chi connectivity index (χ1n) is 13.2. The molecule has 12 nitrogen and oxygen atoms in total. The number of nitrogens with one attached hydrogen (secondary N) is 1. The van der Waals surface area contributed by atoms with Gasteiger partial charge in [-0.25, -0.2) is 14.4 Å². The van der Waals surface area contributed by atoms with Gasteiger partial charge in [0.2, 0.25) is 5.91 Å². The fourth-order valence-electron chi connectivity index (χ4n) is 5.54. The number of benzene rings is 1. The van der Waals surface area contributed by atoms with E-state index in [2.05, 4.69) is 20.2 Å². The van der Waals surface area contributed by atoms with E-state index < -0.39 is 34.5 Å². The summed E-state index contributed by atoms with van der Waals surface area (Å²) in [6.07, 6.45) is 5.26. The molecule has 2 aliphatic rings. The molecular formula is C28H27ClFN7O5. The maximum atomic E-state index is 14.6. The zero-order valence-electron chi connectivity index (χ0n) is 22.7. The van der Waals surface area contributed by atoms with Crippen LogP contribution in [-0.4, -0.2) is 61.3 Å². The van der Waals surface area contributed by atoms with E-state index in [0.717, 1.165) is 18.9 Å². The van der Waals surface area contributed by atoms with Gasteiger partial charge in [-0.1, -0.05) is 11.6 Å². The lowest BCUT2D eigenvalue weighted by Gasteiger charge is -2.33. The molecule has 2 bridgehead atoms. The maximum absolute atomic E-state index is 14.6. The van der Waals surface area contributed by atoms with E-state index in [1.165, 1.54) is 34.6 Å². The van der Waals surface area contributed by atoms with Crippen molar-refractivity contribution in [2.24, 2.45) is 12.8 Å². The second-order valence-electron chi connectivity index (χ2n) is 10.5. The Labute approximate surface area is 243 Å². The Bertz CT molecular complexity index is 1830. The molecule has 0 spiro atoms. The SMILES string of the molecule is Cc1nc2c(c(-c3cc(F)c(O)c(C(N)=O)c3)cn2CC(=O)Nc2cc(N3CC4CCC(C3)O4)ncc2Cl)c(=O)n1C. The van der Waals surface area contributed by atoms with Gasteiger partial charge in [0, 0.05) is 38.0 Å². The van der Waals surface area contributed by atoms with E-state index in [9.17, 15) is 23.9 Å². The second-order valence-corrected chi connectivity index (χ2v) is 11.0. The molecule has 2 aliphatic heterocycles. The number of ether oxygens (including phenoxy) is 1. The predicted octanol–water partition coefficient (Wildman–Crippen LogP) is 2.71. The minimum absolute atomic E-state index is 0.0996. The van der Waals surface area contributed by atoms with Gasteiger partial charge in [-0.3, -0.25) is 19.0 Å². The summed E-state index contributed by atoms with van der Waals surface area (Å²) in [7, 11) is 1.53. The summed E-state index contributed by atoms with van der Waals surface area (Å²) >= 11 is 6.38. The number of hydrogen-bond acceptors (Lipinski definition) is 8. The van der Waals surface area contributed by atoms with Crippen LogP contribution in [0.2, 0.25) is 5.02 Å². The van der Waals surface area contributed by atoms with Crippen molar-refractivity contribution in [2.75, 3.05) is 23.3 Å². The number of halogens is 2. The van der Waals surface area contributed by atoms with Crippen molar-refractivity contribution in [3.8, 4) is 16.9 Å². The van der Waals surface area contributed by atoms with Crippen LogP contribution in [0.4, 0.5) is 15.9 Å². The largest absolute Gasteiger partial charge is 0.504 e. The fourth-order valence-corrected chi connectivity index (χ4v) is 5.69. The highest BCUT2D eigenvalue weighted by Gasteiger charge is 2.34. The number of amides is 2. The number of nitrogens with zero attached hydrogens (tertiary/aromatic N) is 5. The van der Waals surface area contributed by atoms with Gasteiger partial charge in [0.15, 0.2) is 11.6 Å². The Morgan fingerprint density at radius 3 is 2.64 bits per heavy atom. The third kappa shape index (κ3) is 4.84. The first-order valence-corrected chi connectivity index (χ1v) is 13.6. The molecule has 218 valence electrons. The Morgan fingerprint density at radius 2 is 1.95 bits per heavy atom. The molecule has 0 aliphatic carbocycles. The number of rotatable bonds is 6. The number of pyridine rings is 1. The number of anilines is 2. The molecule has 0 radical (unpaired) electrons. The zero-order chi connectivity index (χ0) is 29.9. The molecule has 42 heavy (non-hydrogen) atoms. The summed E-state index contributed by atoms with van der Waals surface area (Å²) in [4.78, 5) is 49.5. The van der Waals surface area contributed by atoms with Gasteiger partial charge in [0.1, 0.15) is 23.8 Å². The number of primary amides is 1. The summed E-state index contributed by atoms with van der Waals surface area (Å²) < 4.78 is 23.3. The van der Waals surface area contributed by atoms with E-state index in [-0.39, 0.29) is 45.9 Å². The van der Waals surface area contributed by atoms with E-state index in [1.54, 1.807) is 13.0 Å². The summed E-state index contributed by atoms with van der Waals surface area (Å²) in [5.74, 6) is -2.44. The summed E-state index contributed by atoms with van der Waals surface area (Å²) in [5.41, 5.74) is 5.29. The van der Waals surface area contributed by atoms with Crippen LogP contribution in [0, 0.1) is 12.7 Å². The predicted molar refractivity (Wildman–Crippen MR) is 153 cm³/mol. The number of nitrogens with two attached hydrogens (primary N) is 1. The number of morpholine rings is 1. The lowest BCUT2D eigenvalue weighted by molar-refractivity contribution is -0.116. The molecule has 14 heteroatoms. The van der Waals surface area contributed by atoms with Crippen molar-refractivity contribution in [1.29, 1.82) is 0 Å². The number of aryl methyl sites for hydroxylation is 1. The van der Waals surface area contributed by atoms with Crippen LogP contribution in [-0.2, 0) is 23.1 Å². The number of fused-ring (bicyclic) bond motifs is 3. The first kappa shape index (κ1) is 27.7. The van der Waals surface area contributed by atoms with Crippen molar-refractivity contribution < 1.29 is 23.8 Å². The summed E-state index contributed by atoms with van der Waals surface area (Å²) in [6.45, 7) is 2.77. The highest BCUT2D eigenvalue weighted by molar-refractivity contribution is 6.33. The normalized spacial score (nSPS) is 18.0. The number of carbonyl (C=O) groups is 2.